The van der Waals surface area contributed by atoms with Crippen molar-refractivity contribution in [3.8, 4) is 0 Å². The molecule has 1 aromatic heterocycles. The summed E-state index contributed by atoms with van der Waals surface area (Å²) in [6.45, 7) is 3.36. The number of carbonyl (C=O) groups is 1. The Morgan fingerprint density at radius 2 is 2.05 bits per heavy atom. The van der Waals surface area contributed by atoms with Crippen molar-refractivity contribution in [3.05, 3.63) is 30.0 Å². The second-order valence-electron chi connectivity index (χ2n) is 6.07. The average molecular weight is 285 g/mol. The van der Waals surface area contributed by atoms with Gasteiger partial charge in [-0.1, -0.05) is 31.0 Å². The van der Waals surface area contributed by atoms with Crippen LogP contribution < -0.4 is 5.73 Å². The zero-order valence-electron chi connectivity index (χ0n) is 12.6. The van der Waals surface area contributed by atoms with Crippen LogP contribution in [0.5, 0.6) is 0 Å². The van der Waals surface area contributed by atoms with E-state index in [1.54, 1.807) is 0 Å². The van der Waals surface area contributed by atoms with Crippen LogP contribution >= 0.6 is 0 Å². The Kier molecular flexibility index (Phi) is 3.81. The summed E-state index contributed by atoms with van der Waals surface area (Å²) in [5.41, 5.74) is 7.63. The van der Waals surface area contributed by atoms with Gasteiger partial charge in [-0.25, -0.2) is 0 Å². The van der Waals surface area contributed by atoms with Gasteiger partial charge >= 0.3 is 0 Å². The lowest BCUT2D eigenvalue weighted by Crippen LogP contribution is -2.37. The number of hydrogen-bond acceptors (Lipinski definition) is 3. The van der Waals surface area contributed by atoms with Crippen molar-refractivity contribution < 1.29 is 4.79 Å². The number of nitrogens with zero attached hydrogens (tertiary/aromatic N) is 2. The highest BCUT2D eigenvalue weighted by Crippen LogP contribution is 2.39. The molecule has 0 spiro atoms. The minimum atomic E-state index is -0.295. The molecule has 2 N–H and O–H groups in total. The minimum absolute atomic E-state index is 0.272. The van der Waals surface area contributed by atoms with E-state index in [1.807, 2.05) is 16.8 Å². The van der Waals surface area contributed by atoms with Gasteiger partial charge in [0.2, 0.25) is 0 Å². The standard InChI is InChI=1S/C17H23N3O/c1-2-20-15-8-4-3-7-13(15)14(19-20)11-16(21)17(12-18)9-5-6-10-17/h3-4,7-8H,2,5-6,9-12,18H2,1H3. The molecular formula is C17H23N3O. The Hall–Kier alpha value is -1.68. The van der Waals surface area contributed by atoms with Gasteiger partial charge in [0.25, 0.3) is 0 Å². The number of benzene rings is 1. The molecule has 1 fully saturated rings. The predicted octanol–water partition coefficient (Wildman–Crippen LogP) is 2.69. The van der Waals surface area contributed by atoms with E-state index >= 15 is 0 Å². The van der Waals surface area contributed by atoms with Crippen molar-refractivity contribution in [2.45, 2.75) is 45.6 Å². The predicted molar refractivity (Wildman–Crippen MR) is 84.1 cm³/mol. The first-order valence-corrected chi connectivity index (χ1v) is 7.88. The monoisotopic (exact) mass is 285 g/mol. The number of Topliss-reactive ketones (excluding diaryl/α,β-unsaturated/α-hetero) is 1. The van der Waals surface area contributed by atoms with Crippen LogP contribution in [0.1, 0.15) is 38.3 Å². The van der Waals surface area contributed by atoms with Crippen molar-refractivity contribution >= 4 is 16.7 Å². The highest BCUT2D eigenvalue weighted by atomic mass is 16.1. The number of hydrogen-bond donors (Lipinski definition) is 1. The molecular weight excluding hydrogens is 262 g/mol. The number of rotatable bonds is 5. The largest absolute Gasteiger partial charge is 0.329 e. The summed E-state index contributed by atoms with van der Waals surface area (Å²) in [4.78, 5) is 12.8. The number of fused-ring (bicyclic) bond motifs is 1. The van der Waals surface area contributed by atoms with E-state index in [0.29, 0.717) is 13.0 Å². The van der Waals surface area contributed by atoms with Gasteiger partial charge in [0.05, 0.1) is 17.6 Å². The van der Waals surface area contributed by atoms with Gasteiger partial charge in [0.15, 0.2) is 0 Å². The summed E-state index contributed by atoms with van der Waals surface area (Å²) in [7, 11) is 0. The Morgan fingerprint density at radius 1 is 1.33 bits per heavy atom. The van der Waals surface area contributed by atoms with Gasteiger partial charge in [-0.2, -0.15) is 5.10 Å². The van der Waals surface area contributed by atoms with Crippen LogP contribution in [0.2, 0.25) is 0 Å². The topological polar surface area (TPSA) is 60.9 Å². The van der Waals surface area contributed by atoms with E-state index in [0.717, 1.165) is 48.8 Å². The Balaban J connectivity index is 1.93. The molecule has 2 aromatic rings. The molecule has 4 heteroatoms. The van der Waals surface area contributed by atoms with E-state index < -0.39 is 0 Å². The zero-order valence-corrected chi connectivity index (χ0v) is 12.6. The third-order valence-corrected chi connectivity index (χ3v) is 4.90. The third kappa shape index (κ3) is 2.38. The number of ketones is 1. The lowest BCUT2D eigenvalue weighted by Gasteiger charge is -2.25. The number of nitrogens with two attached hydrogens (primary N) is 1. The molecule has 0 amide bonds. The number of aryl methyl sites for hydroxylation is 1. The number of aromatic nitrogens is 2. The van der Waals surface area contributed by atoms with Crippen LogP contribution in [0.25, 0.3) is 10.9 Å². The van der Waals surface area contributed by atoms with E-state index in [-0.39, 0.29) is 11.2 Å². The maximum Gasteiger partial charge on any atom is 0.146 e. The van der Waals surface area contributed by atoms with Crippen molar-refractivity contribution in [3.63, 3.8) is 0 Å². The number of para-hydroxylation sites is 1. The summed E-state index contributed by atoms with van der Waals surface area (Å²) in [6.07, 6.45) is 4.52. The van der Waals surface area contributed by atoms with E-state index in [2.05, 4.69) is 24.2 Å². The van der Waals surface area contributed by atoms with Crippen molar-refractivity contribution in [2.75, 3.05) is 6.54 Å². The van der Waals surface area contributed by atoms with E-state index in [4.69, 9.17) is 5.73 Å². The van der Waals surface area contributed by atoms with Crippen molar-refractivity contribution in [1.82, 2.24) is 9.78 Å². The van der Waals surface area contributed by atoms with Crippen molar-refractivity contribution in [2.24, 2.45) is 11.1 Å². The smallest absolute Gasteiger partial charge is 0.146 e. The lowest BCUT2D eigenvalue weighted by atomic mass is 9.80. The summed E-state index contributed by atoms with van der Waals surface area (Å²) < 4.78 is 1.97. The number of carbonyl (C=O) groups excluding carboxylic acids is 1. The molecule has 3 rings (SSSR count). The molecule has 0 atom stereocenters. The van der Waals surface area contributed by atoms with Crippen LogP contribution in [0, 0.1) is 5.41 Å². The fraction of sp³-hybridized carbons (Fsp3) is 0.529. The second kappa shape index (κ2) is 5.60. The normalized spacial score (nSPS) is 17.4. The van der Waals surface area contributed by atoms with Gasteiger partial charge in [-0.3, -0.25) is 9.48 Å². The molecule has 112 valence electrons. The molecule has 1 heterocycles. The second-order valence-corrected chi connectivity index (χ2v) is 6.07. The maximum atomic E-state index is 12.8. The molecule has 21 heavy (non-hydrogen) atoms. The van der Waals surface area contributed by atoms with Gasteiger partial charge in [0.1, 0.15) is 5.78 Å². The van der Waals surface area contributed by atoms with E-state index in [9.17, 15) is 4.79 Å². The quantitative estimate of drug-likeness (QED) is 0.918. The summed E-state index contributed by atoms with van der Waals surface area (Å²) in [5.74, 6) is 0.272. The first-order valence-electron chi connectivity index (χ1n) is 7.88. The minimum Gasteiger partial charge on any atom is -0.329 e. The van der Waals surface area contributed by atoms with Crippen molar-refractivity contribution in [1.29, 1.82) is 0 Å². The highest BCUT2D eigenvalue weighted by molar-refractivity contribution is 5.91. The SMILES string of the molecule is CCn1nc(CC(=O)C2(CN)CCCC2)c2ccccc21. The Labute approximate surface area is 125 Å². The van der Waals surface area contributed by atoms with Crippen LogP contribution in [0.15, 0.2) is 24.3 Å². The first kappa shape index (κ1) is 14.3. The molecule has 4 nitrogen and oxygen atoms in total. The summed E-state index contributed by atoms with van der Waals surface area (Å²) >= 11 is 0. The summed E-state index contributed by atoms with van der Waals surface area (Å²) in [5, 5.41) is 5.73. The van der Waals surface area contributed by atoms with E-state index in [1.165, 1.54) is 0 Å². The van der Waals surface area contributed by atoms with Crippen LogP contribution in [0.3, 0.4) is 0 Å². The molecule has 0 unspecified atom stereocenters. The Morgan fingerprint density at radius 3 is 2.71 bits per heavy atom. The zero-order chi connectivity index (χ0) is 14.9. The molecule has 0 radical (unpaired) electrons. The van der Waals surface area contributed by atoms with Gasteiger partial charge < -0.3 is 5.73 Å². The lowest BCUT2D eigenvalue weighted by molar-refractivity contribution is -0.127. The molecule has 0 bridgehead atoms. The fourth-order valence-corrected chi connectivity index (χ4v) is 3.56. The van der Waals surface area contributed by atoms with Gasteiger partial charge in [-0.15, -0.1) is 0 Å². The molecule has 1 saturated carbocycles. The fourth-order valence-electron chi connectivity index (χ4n) is 3.56. The molecule has 1 aromatic carbocycles. The van der Waals surface area contributed by atoms with Gasteiger partial charge in [0, 0.05) is 23.9 Å². The van der Waals surface area contributed by atoms with Crippen LogP contribution in [0.4, 0.5) is 0 Å². The highest BCUT2D eigenvalue weighted by Gasteiger charge is 2.39. The molecule has 0 aliphatic heterocycles. The molecule has 1 aliphatic rings. The molecule has 0 saturated heterocycles. The average Bonchev–Trinajstić information content (AvgIpc) is 3.13. The van der Waals surface area contributed by atoms with Crippen LogP contribution in [-0.4, -0.2) is 22.1 Å². The Bertz CT molecular complexity index is 653. The first-order chi connectivity index (χ1) is 10.2. The van der Waals surface area contributed by atoms with Crippen LogP contribution in [-0.2, 0) is 17.8 Å². The maximum absolute atomic E-state index is 12.8. The molecule has 1 aliphatic carbocycles. The van der Waals surface area contributed by atoms with Gasteiger partial charge in [-0.05, 0) is 25.8 Å². The third-order valence-electron chi connectivity index (χ3n) is 4.90. The summed E-state index contributed by atoms with van der Waals surface area (Å²) in [6, 6.07) is 8.14.